The van der Waals surface area contributed by atoms with E-state index in [0.717, 1.165) is 0 Å². The van der Waals surface area contributed by atoms with Crippen LogP contribution in [0.2, 0.25) is 0 Å². The van der Waals surface area contributed by atoms with Crippen LogP contribution in [0.15, 0.2) is 48.8 Å². The average Bonchev–Trinajstić information content (AvgIpc) is 3.33. The van der Waals surface area contributed by atoms with Gasteiger partial charge in [0.1, 0.15) is 0 Å². The lowest BCUT2D eigenvalue weighted by molar-refractivity contribution is 0.262. The molecule has 0 radical (unpaired) electrons. The van der Waals surface area contributed by atoms with Crippen molar-refractivity contribution in [2.45, 2.75) is 0 Å². The van der Waals surface area contributed by atoms with E-state index in [1.54, 1.807) is 12.1 Å². The molecule has 0 spiro atoms. The number of carbonyl (C=O) groups excluding carboxylic acids is 1. The van der Waals surface area contributed by atoms with Gasteiger partial charge in [-0.3, -0.25) is 0 Å². The van der Waals surface area contributed by atoms with Crippen LogP contribution in [0.5, 0.6) is 0 Å². The number of imidazole rings is 2. The van der Waals surface area contributed by atoms with Crippen molar-refractivity contribution in [2.24, 2.45) is 0 Å². The van der Waals surface area contributed by atoms with Crippen LogP contribution in [0.3, 0.4) is 0 Å². The van der Waals surface area contributed by atoms with Gasteiger partial charge in [0, 0.05) is 11.1 Å². The van der Waals surface area contributed by atoms with Crippen molar-refractivity contribution in [3.8, 4) is 22.5 Å². The normalized spacial score (nSPS) is 10.7. The smallest absolute Gasteiger partial charge is 0.323 e. The Hall–Kier alpha value is -4.41. The minimum Gasteiger partial charge on any atom is -0.369 e. The van der Waals surface area contributed by atoms with Gasteiger partial charge in [-0.15, -0.1) is 0 Å². The van der Waals surface area contributed by atoms with Gasteiger partial charge in [0.15, 0.2) is 23.5 Å². The number of H-pyrrole nitrogens is 2. The van der Waals surface area contributed by atoms with Crippen LogP contribution in [0.4, 0.5) is 36.8 Å². The molecule has 0 aliphatic heterocycles. The lowest BCUT2D eigenvalue weighted by Gasteiger charge is -2.12. The molecular formula is C19H16F2N8O. The maximum absolute atomic E-state index is 14.8. The highest BCUT2D eigenvalue weighted by Gasteiger charge is 2.16. The number of amides is 2. The van der Waals surface area contributed by atoms with Gasteiger partial charge in [-0.1, -0.05) is 12.1 Å². The second kappa shape index (κ2) is 7.54. The van der Waals surface area contributed by atoms with Gasteiger partial charge in [-0.25, -0.2) is 23.5 Å². The second-order valence-corrected chi connectivity index (χ2v) is 6.28. The van der Waals surface area contributed by atoms with E-state index in [9.17, 15) is 13.6 Å². The summed E-state index contributed by atoms with van der Waals surface area (Å²) >= 11 is 0. The van der Waals surface area contributed by atoms with E-state index in [1.807, 2.05) is 0 Å². The molecule has 4 rings (SSSR count). The van der Waals surface area contributed by atoms with E-state index in [1.165, 1.54) is 36.7 Å². The summed E-state index contributed by atoms with van der Waals surface area (Å²) in [7, 11) is 0. The number of hydrogen-bond donors (Lipinski definition) is 6. The molecule has 0 bridgehead atoms. The summed E-state index contributed by atoms with van der Waals surface area (Å²) in [6, 6.07) is 8.03. The van der Waals surface area contributed by atoms with Crippen LogP contribution in [-0.4, -0.2) is 26.0 Å². The van der Waals surface area contributed by atoms with E-state index in [-0.39, 0.29) is 34.4 Å². The first-order valence-electron chi connectivity index (χ1n) is 8.69. The Morgan fingerprint density at radius 2 is 1.23 bits per heavy atom. The van der Waals surface area contributed by atoms with E-state index in [4.69, 9.17) is 11.5 Å². The first kappa shape index (κ1) is 18.9. The first-order chi connectivity index (χ1) is 14.4. The second-order valence-electron chi connectivity index (χ2n) is 6.28. The topological polar surface area (TPSA) is 151 Å². The molecule has 2 aromatic carbocycles. The molecule has 152 valence electrons. The van der Waals surface area contributed by atoms with Crippen LogP contribution >= 0.6 is 0 Å². The highest BCUT2D eigenvalue weighted by molar-refractivity contribution is 6.00. The molecule has 0 saturated carbocycles. The van der Waals surface area contributed by atoms with Crippen molar-refractivity contribution in [3.05, 3.63) is 60.4 Å². The van der Waals surface area contributed by atoms with Crippen LogP contribution < -0.4 is 22.1 Å². The number of nitrogens with one attached hydrogen (secondary N) is 4. The summed E-state index contributed by atoms with van der Waals surface area (Å²) in [5.74, 6) is -1.12. The molecule has 0 aliphatic carbocycles. The number of rotatable bonds is 4. The number of urea groups is 1. The molecule has 0 aliphatic rings. The molecule has 0 unspecified atom stereocenters. The number of hydrogen-bond acceptors (Lipinski definition) is 5. The Morgan fingerprint density at radius 3 is 1.60 bits per heavy atom. The third kappa shape index (κ3) is 3.63. The summed E-state index contributed by atoms with van der Waals surface area (Å²) in [6.45, 7) is 0. The number of anilines is 4. The zero-order valence-electron chi connectivity index (χ0n) is 15.3. The first-order valence-corrected chi connectivity index (χ1v) is 8.69. The summed E-state index contributed by atoms with van der Waals surface area (Å²) in [5, 5.41) is 4.74. The molecule has 30 heavy (non-hydrogen) atoms. The van der Waals surface area contributed by atoms with Crippen molar-refractivity contribution in [3.63, 3.8) is 0 Å². The number of aromatic amines is 2. The molecule has 2 aromatic heterocycles. The Balaban J connectivity index is 1.55. The van der Waals surface area contributed by atoms with Gasteiger partial charge >= 0.3 is 6.03 Å². The standard InChI is InChI=1S/C19H16F2N8O/c20-15-9(13-7-24-17(22)26-13)3-1-5-11(15)28-19(30)29-12-6-2-4-10(16(12)21)14-8-25-18(23)27-14/h1-8H,(H3,22,24,26)(H3,23,25,27)(H2,28,29,30). The lowest BCUT2D eigenvalue weighted by atomic mass is 10.1. The van der Waals surface area contributed by atoms with E-state index >= 15 is 0 Å². The number of carbonyl (C=O) groups is 1. The predicted molar refractivity (Wildman–Crippen MR) is 109 cm³/mol. The quantitative estimate of drug-likeness (QED) is 0.304. The number of nitrogen functional groups attached to an aromatic ring is 2. The summed E-state index contributed by atoms with van der Waals surface area (Å²) < 4.78 is 29.6. The molecule has 2 heterocycles. The van der Waals surface area contributed by atoms with Gasteiger partial charge in [0.25, 0.3) is 0 Å². The molecule has 2 amide bonds. The summed E-state index contributed by atoms with van der Waals surface area (Å²) in [6.07, 6.45) is 2.75. The monoisotopic (exact) mass is 410 g/mol. The largest absolute Gasteiger partial charge is 0.369 e. The van der Waals surface area contributed by atoms with Gasteiger partial charge in [-0.05, 0) is 24.3 Å². The molecule has 9 nitrogen and oxygen atoms in total. The fourth-order valence-corrected chi connectivity index (χ4v) is 2.90. The summed E-state index contributed by atoms with van der Waals surface area (Å²) in [5.41, 5.74) is 11.9. The Kier molecular flexibility index (Phi) is 4.76. The highest BCUT2D eigenvalue weighted by Crippen LogP contribution is 2.29. The SMILES string of the molecule is Nc1ncc(-c2cccc(NC(=O)Nc3cccc(-c4cnc(N)[nH]4)c3F)c2F)[nH]1. The summed E-state index contributed by atoms with van der Waals surface area (Å²) in [4.78, 5) is 25.4. The van der Waals surface area contributed by atoms with Gasteiger partial charge < -0.3 is 32.1 Å². The van der Waals surface area contributed by atoms with E-state index < -0.39 is 17.7 Å². The van der Waals surface area contributed by atoms with Gasteiger partial charge in [0.05, 0.1) is 35.2 Å². The number of benzene rings is 2. The van der Waals surface area contributed by atoms with E-state index in [2.05, 4.69) is 30.6 Å². The molecular weight excluding hydrogens is 394 g/mol. The maximum atomic E-state index is 14.8. The highest BCUT2D eigenvalue weighted by atomic mass is 19.1. The number of nitrogens with zero attached hydrogens (tertiary/aromatic N) is 2. The molecule has 0 atom stereocenters. The molecule has 0 fully saturated rings. The Bertz CT molecular complexity index is 1140. The molecule has 0 saturated heterocycles. The fraction of sp³-hybridized carbons (Fsp3) is 0. The zero-order valence-corrected chi connectivity index (χ0v) is 15.3. The Labute approximate surface area is 168 Å². The molecule has 8 N–H and O–H groups in total. The predicted octanol–water partition coefficient (Wildman–Crippen LogP) is 3.55. The van der Waals surface area contributed by atoms with Crippen molar-refractivity contribution in [1.29, 1.82) is 0 Å². The fourth-order valence-electron chi connectivity index (χ4n) is 2.90. The maximum Gasteiger partial charge on any atom is 0.323 e. The third-order valence-electron chi connectivity index (χ3n) is 4.27. The third-order valence-corrected chi connectivity index (χ3v) is 4.27. The molecule has 4 aromatic rings. The van der Waals surface area contributed by atoms with E-state index in [0.29, 0.717) is 11.4 Å². The van der Waals surface area contributed by atoms with Gasteiger partial charge in [-0.2, -0.15) is 0 Å². The van der Waals surface area contributed by atoms with Crippen molar-refractivity contribution < 1.29 is 13.6 Å². The molecule has 11 heteroatoms. The minimum atomic E-state index is -0.824. The van der Waals surface area contributed by atoms with Crippen molar-refractivity contribution in [1.82, 2.24) is 19.9 Å². The lowest BCUT2D eigenvalue weighted by Crippen LogP contribution is -2.21. The average molecular weight is 410 g/mol. The van der Waals surface area contributed by atoms with Crippen LogP contribution in [-0.2, 0) is 0 Å². The zero-order chi connectivity index (χ0) is 21.3. The van der Waals surface area contributed by atoms with Crippen molar-refractivity contribution >= 4 is 29.3 Å². The number of halogens is 2. The Morgan fingerprint density at radius 1 is 0.800 bits per heavy atom. The van der Waals surface area contributed by atoms with Gasteiger partial charge in [0.2, 0.25) is 0 Å². The van der Waals surface area contributed by atoms with Crippen LogP contribution in [0.1, 0.15) is 0 Å². The van der Waals surface area contributed by atoms with Crippen molar-refractivity contribution in [2.75, 3.05) is 22.1 Å². The van der Waals surface area contributed by atoms with Crippen LogP contribution in [0.25, 0.3) is 22.5 Å². The minimum absolute atomic E-state index is 0.101. The van der Waals surface area contributed by atoms with Crippen LogP contribution in [0, 0.1) is 11.6 Å². The number of aromatic nitrogens is 4. The number of nitrogens with two attached hydrogens (primary N) is 2.